The highest BCUT2D eigenvalue weighted by molar-refractivity contribution is 6.68. The molecule has 3 aliphatic rings. The number of carbonyl (C=O) groups is 6. The molecule has 0 aliphatic heterocycles. The minimum Gasteiger partial charge on any atom is -0.507 e. The molecule has 1 aromatic carbocycles. The number of hydrogen-bond donors (Lipinski definition) is 4. The van der Waals surface area contributed by atoms with Crippen molar-refractivity contribution in [3.8, 4) is 5.75 Å². The van der Waals surface area contributed by atoms with E-state index in [0.29, 0.717) is 0 Å². The highest BCUT2D eigenvalue weighted by Crippen LogP contribution is 2.55. The second-order valence-electron chi connectivity index (χ2n) is 10.9. The van der Waals surface area contributed by atoms with Crippen LogP contribution in [0.1, 0.15) is 71.9 Å². The molecule has 1 aromatic rings. The van der Waals surface area contributed by atoms with E-state index in [1.165, 1.54) is 13.0 Å². The minimum atomic E-state index is -3.01. The molecule has 0 bridgehead atoms. The molecule has 36 heavy (non-hydrogen) atoms. The van der Waals surface area contributed by atoms with Crippen LogP contribution in [-0.4, -0.2) is 61.3 Å². The van der Waals surface area contributed by atoms with Crippen molar-refractivity contribution in [1.82, 2.24) is 0 Å². The van der Waals surface area contributed by atoms with E-state index in [4.69, 9.17) is 17.3 Å². The number of benzene rings is 1. The lowest BCUT2D eigenvalue weighted by Gasteiger charge is -2.53. The Kier molecular flexibility index (Phi) is 5.82. The second kappa shape index (κ2) is 8.03. The maximum Gasteiger partial charge on any atom is 0.252 e. The third-order valence-corrected chi connectivity index (χ3v) is 8.18. The van der Waals surface area contributed by atoms with Crippen LogP contribution >= 0.6 is 11.6 Å². The molecule has 0 radical (unpaired) electrons. The van der Waals surface area contributed by atoms with Crippen molar-refractivity contribution < 1.29 is 44.1 Å². The van der Waals surface area contributed by atoms with Gasteiger partial charge in [-0.25, -0.2) is 0 Å². The molecule has 0 heterocycles. The van der Waals surface area contributed by atoms with Crippen LogP contribution in [0.15, 0.2) is 6.07 Å². The van der Waals surface area contributed by atoms with Gasteiger partial charge in [-0.3, -0.25) is 28.8 Å². The van der Waals surface area contributed by atoms with Gasteiger partial charge in [0.2, 0.25) is 5.91 Å². The molecule has 2 saturated carbocycles. The summed E-state index contributed by atoms with van der Waals surface area (Å²) in [5.74, 6) is -14.2. The number of primary amides is 1. The van der Waals surface area contributed by atoms with Crippen molar-refractivity contribution >= 4 is 45.9 Å². The van der Waals surface area contributed by atoms with Crippen molar-refractivity contribution in [1.29, 1.82) is 0 Å². The summed E-state index contributed by atoms with van der Waals surface area (Å²) in [5, 5.41) is 32.8. The first-order valence-electron chi connectivity index (χ1n) is 11.4. The molecule has 4 rings (SSSR count). The van der Waals surface area contributed by atoms with Gasteiger partial charge in [-0.2, -0.15) is 0 Å². The zero-order valence-corrected chi connectivity index (χ0v) is 20.8. The first-order valence-corrected chi connectivity index (χ1v) is 11.8. The predicted octanol–water partition coefficient (Wildman–Crippen LogP) is 0.535. The number of aliphatic hydroxyl groups is 2. The Morgan fingerprint density at radius 1 is 1.14 bits per heavy atom. The summed E-state index contributed by atoms with van der Waals surface area (Å²) in [7, 11) is 0. The van der Waals surface area contributed by atoms with Crippen molar-refractivity contribution in [3.05, 3.63) is 28.3 Å². The van der Waals surface area contributed by atoms with Gasteiger partial charge < -0.3 is 21.1 Å². The Balaban J connectivity index is 1.99. The van der Waals surface area contributed by atoms with Crippen molar-refractivity contribution in [2.45, 2.75) is 57.2 Å². The van der Waals surface area contributed by atoms with Crippen LogP contribution in [0.3, 0.4) is 0 Å². The van der Waals surface area contributed by atoms with E-state index in [-0.39, 0.29) is 22.3 Å². The highest BCUT2D eigenvalue weighted by Gasteiger charge is 2.70. The fraction of sp³-hybridized carbons (Fsp3) is 0.520. The maximum absolute atomic E-state index is 13.8. The Morgan fingerprint density at radius 2 is 1.72 bits per heavy atom. The SMILES string of the molecule is C[C@H]1c2c(C(=O)Cl)cc(C(C)(C)C)c(O)c2C(=O)C2C(=O)[C@]3(O)C(=O)C(C(N)=O)C(=O)C[C@@H]3[C@@H](O)[C@@H]21. The van der Waals surface area contributed by atoms with Gasteiger partial charge >= 0.3 is 0 Å². The average molecular weight is 520 g/mol. The Hall–Kier alpha value is -2.95. The molecule has 3 aliphatic carbocycles. The summed E-state index contributed by atoms with van der Waals surface area (Å²) < 4.78 is 0. The monoisotopic (exact) mass is 519 g/mol. The van der Waals surface area contributed by atoms with Crippen molar-refractivity contribution in [3.63, 3.8) is 0 Å². The molecule has 10 nitrogen and oxygen atoms in total. The summed E-state index contributed by atoms with van der Waals surface area (Å²) in [6.07, 6.45) is -2.43. The number of ketones is 4. The second-order valence-corrected chi connectivity index (χ2v) is 11.3. The zero-order valence-electron chi connectivity index (χ0n) is 20.0. The number of aromatic hydroxyl groups is 1. The van der Waals surface area contributed by atoms with Crippen LogP contribution < -0.4 is 5.73 Å². The smallest absolute Gasteiger partial charge is 0.252 e. The van der Waals surface area contributed by atoms with Gasteiger partial charge in [0.1, 0.15) is 5.75 Å². The molecular formula is C25H26ClNO9. The number of halogens is 1. The van der Waals surface area contributed by atoms with Crippen LogP contribution in [-0.2, 0) is 24.6 Å². The van der Waals surface area contributed by atoms with E-state index in [1.54, 1.807) is 20.8 Å². The zero-order chi connectivity index (χ0) is 27.2. The molecule has 2 fully saturated rings. The van der Waals surface area contributed by atoms with Gasteiger partial charge in [0.05, 0.1) is 17.6 Å². The summed E-state index contributed by atoms with van der Waals surface area (Å²) >= 11 is 5.85. The van der Waals surface area contributed by atoms with E-state index >= 15 is 0 Å². The standard InChI is InChI=1S/C25H26ClNO9/c1-7-12-8(22(26)34)5-9(24(2,3)4)17(29)15(12)19(31)16-13(7)18(30)10-6-11(28)14(23(27)35)20(32)25(10,36)21(16)33/h5,7,10,13-14,16,18,29-30,36H,6H2,1-4H3,(H2,27,35)/t7-,10+,13+,14?,16?,18+,25+/m0/s1. The molecule has 11 heteroatoms. The summed E-state index contributed by atoms with van der Waals surface area (Å²) in [6, 6.07) is 1.37. The fourth-order valence-corrected chi connectivity index (χ4v) is 6.40. The predicted molar refractivity (Wildman–Crippen MR) is 123 cm³/mol. The van der Waals surface area contributed by atoms with E-state index < -0.39 is 93.2 Å². The molecule has 2 unspecified atom stereocenters. The summed E-state index contributed by atoms with van der Waals surface area (Å²) in [6.45, 7) is 6.69. The van der Waals surface area contributed by atoms with Gasteiger partial charge in [-0.15, -0.1) is 0 Å². The van der Waals surface area contributed by atoms with Gasteiger partial charge in [0.25, 0.3) is 5.24 Å². The number of fused-ring (bicyclic) bond motifs is 3. The van der Waals surface area contributed by atoms with Gasteiger partial charge in [-0.05, 0) is 34.6 Å². The molecule has 0 spiro atoms. The van der Waals surface area contributed by atoms with Gasteiger partial charge in [0, 0.05) is 29.4 Å². The Labute approximate surface area is 210 Å². The highest BCUT2D eigenvalue weighted by atomic mass is 35.5. The lowest BCUT2D eigenvalue weighted by atomic mass is 9.50. The van der Waals surface area contributed by atoms with Crippen molar-refractivity contribution in [2.24, 2.45) is 29.4 Å². The first kappa shape index (κ1) is 26.1. The number of phenols is 1. The number of aliphatic hydroxyl groups excluding tert-OH is 1. The number of carbonyl (C=O) groups excluding carboxylic acids is 6. The normalized spacial score (nSPS) is 34.1. The Bertz CT molecular complexity index is 1280. The molecule has 1 amide bonds. The van der Waals surface area contributed by atoms with E-state index in [0.717, 1.165) is 0 Å². The van der Waals surface area contributed by atoms with Crippen LogP contribution in [0.25, 0.3) is 0 Å². The molecular weight excluding hydrogens is 494 g/mol. The van der Waals surface area contributed by atoms with Crippen LogP contribution in [0.4, 0.5) is 0 Å². The summed E-state index contributed by atoms with van der Waals surface area (Å²) in [4.78, 5) is 77.2. The van der Waals surface area contributed by atoms with E-state index in [2.05, 4.69) is 0 Å². The number of amides is 1. The number of hydrogen-bond acceptors (Lipinski definition) is 9. The van der Waals surface area contributed by atoms with Gasteiger partial charge in [0.15, 0.2) is 34.7 Å². The molecule has 0 aromatic heterocycles. The third kappa shape index (κ3) is 3.24. The Morgan fingerprint density at radius 3 is 2.22 bits per heavy atom. The number of nitrogens with two attached hydrogens (primary N) is 1. The van der Waals surface area contributed by atoms with Crippen LogP contribution in [0, 0.1) is 23.7 Å². The first-order chi connectivity index (χ1) is 16.5. The number of Topliss-reactive ketones (excluding diaryl/α,β-unsaturated/α-hetero) is 4. The molecule has 192 valence electrons. The number of rotatable bonds is 2. The third-order valence-electron chi connectivity index (χ3n) is 7.97. The van der Waals surface area contributed by atoms with E-state index in [9.17, 15) is 44.1 Å². The quantitative estimate of drug-likeness (QED) is 0.319. The molecule has 7 atom stereocenters. The van der Waals surface area contributed by atoms with Crippen LogP contribution in [0.2, 0.25) is 0 Å². The lowest BCUT2D eigenvalue weighted by molar-refractivity contribution is -0.189. The topological polar surface area (TPSA) is 189 Å². The average Bonchev–Trinajstić information content (AvgIpc) is 2.75. The fourth-order valence-electron chi connectivity index (χ4n) is 6.24. The van der Waals surface area contributed by atoms with Crippen LogP contribution in [0.5, 0.6) is 5.75 Å². The largest absolute Gasteiger partial charge is 0.507 e. The molecule has 0 saturated heterocycles. The van der Waals surface area contributed by atoms with Crippen molar-refractivity contribution in [2.75, 3.05) is 0 Å². The summed E-state index contributed by atoms with van der Waals surface area (Å²) in [5.41, 5.74) is 1.20. The lowest BCUT2D eigenvalue weighted by Crippen LogP contribution is -2.72. The minimum absolute atomic E-state index is 0.0347. The van der Waals surface area contributed by atoms with E-state index in [1.807, 2.05) is 0 Å². The molecule has 5 N–H and O–H groups in total. The van der Waals surface area contributed by atoms with Gasteiger partial charge in [-0.1, -0.05) is 27.7 Å². The number of phenolic OH excluding ortho intramolecular Hbond substituents is 1. The maximum atomic E-state index is 13.8.